The van der Waals surface area contributed by atoms with Gasteiger partial charge in [-0.15, -0.1) is 0 Å². The second-order valence-corrected chi connectivity index (χ2v) is 7.62. The third-order valence-corrected chi connectivity index (χ3v) is 4.95. The van der Waals surface area contributed by atoms with Crippen LogP contribution in [0.25, 0.3) is 11.0 Å². The van der Waals surface area contributed by atoms with E-state index in [1.807, 2.05) is 53.4 Å². The van der Waals surface area contributed by atoms with Gasteiger partial charge in [-0.05, 0) is 57.5 Å². The molecule has 0 radical (unpaired) electrons. The van der Waals surface area contributed by atoms with E-state index in [9.17, 15) is 4.79 Å². The molecule has 3 aromatic rings. The number of aromatic nitrogens is 2. The molecule has 0 fully saturated rings. The third kappa shape index (κ3) is 4.19. The van der Waals surface area contributed by atoms with Gasteiger partial charge in [-0.3, -0.25) is 4.79 Å². The molecule has 2 aromatic carbocycles. The lowest BCUT2D eigenvalue weighted by atomic mass is 10.1. The van der Waals surface area contributed by atoms with Crippen LogP contribution in [0.4, 0.5) is 0 Å². The van der Waals surface area contributed by atoms with Gasteiger partial charge in [-0.1, -0.05) is 24.3 Å². The van der Waals surface area contributed by atoms with Crippen LogP contribution in [0.3, 0.4) is 0 Å². The van der Waals surface area contributed by atoms with Gasteiger partial charge in [-0.25, -0.2) is 4.98 Å². The van der Waals surface area contributed by atoms with Crippen molar-refractivity contribution in [2.45, 2.75) is 52.7 Å². The first kappa shape index (κ1) is 19.9. The molecule has 0 aliphatic rings. The summed E-state index contributed by atoms with van der Waals surface area (Å²) >= 11 is 0. The molecular formula is C23H29N3O2. The fraction of sp³-hybridized carbons (Fsp3) is 0.391. The monoisotopic (exact) mass is 379 g/mol. The van der Waals surface area contributed by atoms with Gasteiger partial charge < -0.3 is 14.2 Å². The number of rotatable bonds is 7. The molecule has 3 rings (SSSR count). The number of amides is 1. The predicted octanol–water partition coefficient (Wildman–Crippen LogP) is 4.28. The van der Waals surface area contributed by atoms with E-state index in [4.69, 9.17) is 9.72 Å². The number of ether oxygens (including phenoxy) is 1. The number of carbonyl (C=O) groups is 1. The fourth-order valence-corrected chi connectivity index (χ4v) is 3.75. The van der Waals surface area contributed by atoms with E-state index in [0.717, 1.165) is 28.2 Å². The number of hydrogen-bond donors (Lipinski definition) is 0. The molecule has 0 N–H and O–H groups in total. The zero-order valence-corrected chi connectivity index (χ0v) is 17.3. The second-order valence-electron chi connectivity index (χ2n) is 7.62. The average Bonchev–Trinajstić information content (AvgIpc) is 2.99. The largest absolute Gasteiger partial charge is 0.497 e. The molecule has 0 atom stereocenters. The highest BCUT2D eigenvalue weighted by atomic mass is 16.5. The number of carbonyl (C=O) groups excluding carboxylic acids is 1. The maximum atomic E-state index is 13.1. The molecule has 0 saturated carbocycles. The highest BCUT2D eigenvalue weighted by Gasteiger charge is 2.22. The first-order chi connectivity index (χ1) is 13.4. The molecular weight excluding hydrogens is 350 g/mol. The Labute approximate surface area is 166 Å². The Balaban J connectivity index is 1.95. The zero-order chi connectivity index (χ0) is 20.3. The Kier molecular flexibility index (Phi) is 6.02. The summed E-state index contributed by atoms with van der Waals surface area (Å²) in [5.41, 5.74) is 3.04. The zero-order valence-electron chi connectivity index (χ0n) is 17.3. The number of methoxy groups -OCH3 is 1. The summed E-state index contributed by atoms with van der Waals surface area (Å²) in [7, 11) is 1.66. The van der Waals surface area contributed by atoms with Crippen molar-refractivity contribution >= 4 is 16.9 Å². The Morgan fingerprint density at radius 3 is 2.29 bits per heavy atom. The normalized spacial score (nSPS) is 11.4. The van der Waals surface area contributed by atoms with Crippen LogP contribution >= 0.6 is 0 Å². The smallest absolute Gasteiger partial charge is 0.243 e. The van der Waals surface area contributed by atoms with Crippen LogP contribution in [0.2, 0.25) is 0 Å². The average molecular weight is 380 g/mol. The van der Waals surface area contributed by atoms with Crippen molar-refractivity contribution in [2.24, 2.45) is 0 Å². The predicted molar refractivity (Wildman–Crippen MR) is 113 cm³/mol. The second kappa shape index (κ2) is 8.46. The lowest BCUT2D eigenvalue weighted by Crippen LogP contribution is -2.43. The molecule has 0 spiro atoms. The highest BCUT2D eigenvalue weighted by molar-refractivity contribution is 5.81. The van der Waals surface area contributed by atoms with Crippen LogP contribution in [-0.2, 0) is 17.8 Å². The Bertz CT molecular complexity index is 934. The molecule has 0 aliphatic heterocycles. The van der Waals surface area contributed by atoms with E-state index in [1.54, 1.807) is 7.11 Å². The van der Waals surface area contributed by atoms with Gasteiger partial charge in [0.25, 0.3) is 0 Å². The van der Waals surface area contributed by atoms with Crippen molar-refractivity contribution in [3.8, 4) is 5.75 Å². The fourth-order valence-electron chi connectivity index (χ4n) is 3.75. The van der Waals surface area contributed by atoms with Gasteiger partial charge >= 0.3 is 0 Å². The van der Waals surface area contributed by atoms with E-state index in [-0.39, 0.29) is 18.0 Å². The van der Waals surface area contributed by atoms with Crippen LogP contribution in [-0.4, -0.2) is 39.6 Å². The van der Waals surface area contributed by atoms with Crippen LogP contribution in [0.1, 0.15) is 39.1 Å². The number of benzene rings is 2. The van der Waals surface area contributed by atoms with Crippen LogP contribution in [0, 0.1) is 0 Å². The molecule has 0 bridgehead atoms. The van der Waals surface area contributed by atoms with E-state index in [0.29, 0.717) is 13.0 Å². The van der Waals surface area contributed by atoms with Crippen molar-refractivity contribution in [1.29, 1.82) is 0 Å². The number of fused-ring (bicyclic) bond motifs is 1. The van der Waals surface area contributed by atoms with E-state index in [1.165, 1.54) is 0 Å². The van der Waals surface area contributed by atoms with Crippen molar-refractivity contribution < 1.29 is 9.53 Å². The number of imidazole rings is 1. The number of hydrogen-bond acceptors (Lipinski definition) is 3. The molecule has 148 valence electrons. The number of para-hydroxylation sites is 2. The van der Waals surface area contributed by atoms with Crippen molar-refractivity contribution in [1.82, 2.24) is 14.5 Å². The number of nitrogens with zero attached hydrogens (tertiary/aromatic N) is 3. The topological polar surface area (TPSA) is 47.4 Å². The summed E-state index contributed by atoms with van der Waals surface area (Å²) in [5.74, 6) is 1.84. The highest BCUT2D eigenvalue weighted by Crippen LogP contribution is 2.21. The summed E-state index contributed by atoms with van der Waals surface area (Å²) in [5, 5.41) is 0. The third-order valence-electron chi connectivity index (χ3n) is 4.95. The van der Waals surface area contributed by atoms with Crippen molar-refractivity contribution in [3.05, 3.63) is 59.9 Å². The van der Waals surface area contributed by atoms with E-state index in [2.05, 4.69) is 32.3 Å². The summed E-state index contributed by atoms with van der Waals surface area (Å²) in [4.78, 5) is 19.8. The molecule has 28 heavy (non-hydrogen) atoms. The molecule has 0 aliphatic carbocycles. The van der Waals surface area contributed by atoms with Crippen LogP contribution in [0.5, 0.6) is 5.75 Å². The summed E-state index contributed by atoms with van der Waals surface area (Å²) in [6.45, 7) is 8.52. The van der Waals surface area contributed by atoms with Gasteiger partial charge in [0.2, 0.25) is 5.91 Å². The molecule has 5 nitrogen and oxygen atoms in total. The van der Waals surface area contributed by atoms with Crippen LogP contribution in [0.15, 0.2) is 48.5 Å². The molecule has 0 saturated heterocycles. The van der Waals surface area contributed by atoms with Crippen LogP contribution < -0.4 is 4.74 Å². The maximum absolute atomic E-state index is 13.1. The lowest BCUT2D eigenvalue weighted by molar-refractivity contribution is -0.135. The Hall–Kier alpha value is -2.82. The minimum atomic E-state index is 0.115. The Morgan fingerprint density at radius 2 is 1.68 bits per heavy atom. The Morgan fingerprint density at radius 1 is 1.04 bits per heavy atom. The maximum Gasteiger partial charge on any atom is 0.243 e. The summed E-state index contributed by atoms with van der Waals surface area (Å²) in [6.07, 6.45) is 0.662. The molecule has 1 amide bonds. The lowest BCUT2D eigenvalue weighted by Gasteiger charge is -2.31. The van der Waals surface area contributed by atoms with Crippen molar-refractivity contribution in [3.63, 3.8) is 0 Å². The molecule has 0 unspecified atom stereocenters. The first-order valence-corrected chi connectivity index (χ1v) is 9.79. The summed E-state index contributed by atoms with van der Waals surface area (Å²) < 4.78 is 7.30. The van der Waals surface area contributed by atoms with Crippen molar-refractivity contribution in [2.75, 3.05) is 7.11 Å². The van der Waals surface area contributed by atoms with E-state index >= 15 is 0 Å². The van der Waals surface area contributed by atoms with Gasteiger partial charge in [-0.2, -0.15) is 0 Å². The quantitative estimate of drug-likeness (QED) is 0.615. The molecule has 5 heteroatoms. The van der Waals surface area contributed by atoms with E-state index < -0.39 is 0 Å². The SMILES string of the molecule is COc1ccc(Cc2nc3ccccc3n2CC(=O)N(C(C)C)C(C)C)cc1. The van der Waals surface area contributed by atoms with Gasteiger partial charge in [0, 0.05) is 18.5 Å². The van der Waals surface area contributed by atoms with Gasteiger partial charge in [0.15, 0.2) is 0 Å². The van der Waals surface area contributed by atoms with Gasteiger partial charge in [0.05, 0.1) is 18.1 Å². The standard InChI is InChI=1S/C23H29N3O2/c1-16(2)26(17(3)4)23(27)15-25-21-9-7-6-8-20(21)24-22(25)14-18-10-12-19(28-5)13-11-18/h6-13,16-17H,14-15H2,1-5H3. The van der Waals surface area contributed by atoms with Gasteiger partial charge in [0.1, 0.15) is 18.1 Å². The minimum Gasteiger partial charge on any atom is -0.497 e. The first-order valence-electron chi connectivity index (χ1n) is 9.79. The molecule has 1 heterocycles. The molecule has 1 aromatic heterocycles. The summed E-state index contributed by atoms with van der Waals surface area (Å²) in [6, 6.07) is 16.3. The minimum absolute atomic E-state index is 0.115.